The molecule has 0 unspecified atom stereocenters. The second-order valence-corrected chi connectivity index (χ2v) is 11.5. The zero-order valence-corrected chi connectivity index (χ0v) is 23.5. The Morgan fingerprint density at radius 3 is 2.11 bits per heavy atom. The SMILES string of the molecule is CC(C)(C)Oc1cc(F)cc(NC(=O)S)c1.CC(C)Oc1nc2cc(OC(C)(C)C)cc(C=O)c2s1. The van der Waals surface area contributed by atoms with Crippen LogP contribution in [0.5, 0.6) is 16.7 Å². The largest absolute Gasteiger partial charge is 0.488 e. The summed E-state index contributed by atoms with van der Waals surface area (Å²) in [7, 11) is 0. The maximum atomic E-state index is 13.2. The van der Waals surface area contributed by atoms with Crippen LogP contribution in [0, 0.1) is 5.82 Å². The maximum absolute atomic E-state index is 13.2. The van der Waals surface area contributed by atoms with Crippen molar-refractivity contribution < 1.29 is 28.2 Å². The highest BCUT2D eigenvalue weighted by Crippen LogP contribution is 2.34. The lowest BCUT2D eigenvalue weighted by Gasteiger charge is -2.21. The van der Waals surface area contributed by atoms with E-state index in [0.717, 1.165) is 16.5 Å². The van der Waals surface area contributed by atoms with Gasteiger partial charge in [-0.25, -0.2) is 9.37 Å². The second kappa shape index (κ2) is 11.9. The number of ether oxygens (including phenoxy) is 3. The van der Waals surface area contributed by atoms with Crippen molar-refractivity contribution in [1.29, 1.82) is 0 Å². The molecule has 1 aromatic heterocycles. The first-order valence-electron chi connectivity index (χ1n) is 11.3. The molecular formula is C26H33FN2O5S2. The summed E-state index contributed by atoms with van der Waals surface area (Å²) in [6.45, 7) is 15.4. The molecule has 0 saturated heterocycles. The Morgan fingerprint density at radius 2 is 1.61 bits per heavy atom. The van der Waals surface area contributed by atoms with E-state index in [1.54, 1.807) is 12.1 Å². The highest BCUT2D eigenvalue weighted by molar-refractivity contribution is 7.96. The number of anilines is 1. The van der Waals surface area contributed by atoms with Gasteiger partial charge in [0.15, 0.2) is 6.29 Å². The smallest absolute Gasteiger partial charge is 0.280 e. The molecule has 1 heterocycles. The van der Waals surface area contributed by atoms with Gasteiger partial charge in [0.2, 0.25) is 0 Å². The van der Waals surface area contributed by atoms with E-state index in [9.17, 15) is 14.0 Å². The molecule has 0 fully saturated rings. The van der Waals surface area contributed by atoms with Crippen molar-refractivity contribution in [3.63, 3.8) is 0 Å². The van der Waals surface area contributed by atoms with Crippen molar-refractivity contribution >= 4 is 51.4 Å². The van der Waals surface area contributed by atoms with Crippen molar-refractivity contribution in [2.24, 2.45) is 0 Å². The highest BCUT2D eigenvalue weighted by Gasteiger charge is 2.17. The van der Waals surface area contributed by atoms with Crippen LogP contribution >= 0.6 is 24.0 Å². The third kappa shape index (κ3) is 10.0. The number of fused-ring (bicyclic) bond motifs is 1. The number of thiol groups is 1. The molecule has 0 spiro atoms. The Morgan fingerprint density at radius 1 is 1.03 bits per heavy atom. The summed E-state index contributed by atoms with van der Waals surface area (Å²) in [5.74, 6) is 0.539. The Bertz CT molecular complexity index is 1210. The summed E-state index contributed by atoms with van der Waals surface area (Å²) in [5.41, 5.74) is 0.892. The fourth-order valence-corrected chi connectivity index (χ4v) is 4.06. The molecule has 1 N–H and O–H groups in total. The number of halogens is 1. The van der Waals surface area contributed by atoms with Crippen LogP contribution in [0.3, 0.4) is 0 Å². The number of nitrogens with zero attached hydrogens (tertiary/aromatic N) is 1. The van der Waals surface area contributed by atoms with Crippen LogP contribution in [0.15, 0.2) is 30.3 Å². The lowest BCUT2D eigenvalue weighted by atomic mass is 10.1. The molecule has 0 atom stereocenters. The fourth-order valence-electron chi connectivity index (χ4n) is 2.93. The van der Waals surface area contributed by atoms with Crippen LogP contribution in [0.1, 0.15) is 65.7 Å². The molecule has 0 saturated carbocycles. The third-order valence-corrected chi connectivity index (χ3v) is 5.03. The summed E-state index contributed by atoms with van der Waals surface area (Å²) in [6.07, 6.45) is 0.885. The number of carbonyl (C=O) groups excluding carboxylic acids is 2. The van der Waals surface area contributed by atoms with Crippen molar-refractivity contribution in [2.75, 3.05) is 5.32 Å². The van der Waals surface area contributed by atoms with E-state index in [1.165, 1.54) is 23.5 Å². The van der Waals surface area contributed by atoms with Crippen LogP contribution in [-0.4, -0.2) is 33.8 Å². The Kier molecular flexibility index (Phi) is 9.73. The molecule has 0 aliphatic carbocycles. The zero-order valence-electron chi connectivity index (χ0n) is 21.8. The summed E-state index contributed by atoms with van der Waals surface area (Å²) in [4.78, 5) is 26.4. The summed E-state index contributed by atoms with van der Waals surface area (Å²) >= 11 is 4.93. The molecule has 3 aromatic rings. The number of hydrogen-bond donors (Lipinski definition) is 2. The monoisotopic (exact) mass is 536 g/mol. The maximum Gasteiger partial charge on any atom is 0.280 e. The van der Waals surface area contributed by atoms with E-state index in [-0.39, 0.29) is 11.7 Å². The third-order valence-electron chi connectivity index (χ3n) is 3.91. The topological polar surface area (TPSA) is 86.8 Å². The predicted molar refractivity (Wildman–Crippen MR) is 146 cm³/mol. The summed E-state index contributed by atoms with van der Waals surface area (Å²) < 4.78 is 30.9. The number of nitrogens with one attached hydrogen (secondary N) is 1. The average molecular weight is 537 g/mol. The van der Waals surface area contributed by atoms with Crippen LogP contribution in [0.2, 0.25) is 0 Å². The number of aldehydes is 1. The molecule has 0 aliphatic heterocycles. The second-order valence-electron chi connectivity index (χ2n) is 10.2. The fraction of sp³-hybridized carbons (Fsp3) is 0.423. The lowest BCUT2D eigenvalue weighted by Crippen LogP contribution is -2.23. The quantitative estimate of drug-likeness (QED) is 0.250. The molecule has 0 radical (unpaired) electrons. The molecule has 1 amide bonds. The van der Waals surface area contributed by atoms with Gasteiger partial charge in [0, 0.05) is 29.4 Å². The minimum Gasteiger partial charge on any atom is -0.488 e. The van der Waals surface area contributed by atoms with E-state index in [1.807, 2.05) is 61.5 Å². The van der Waals surface area contributed by atoms with Gasteiger partial charge in [-0.15, -0.1) is 0 Å². The lowest BCUT2D eigenvalue weighted by molar-refractivity contribution is 0.111. The van der Waals surface area contributed by atoms with Gasteiger partial charge < -0.3 is 19.5 Å². The Labute approximate surface area is 220 Å². The van der Waals surface area contributed by atoms with Gasteiger partial charge >= 0.3 is 0 Å². The van der Waals surface area contributed by atoms with Crippen LogP contribution < -0.4 is 19.5 Å². The Hall–Kier alpha value is -2.85. The predicted octanol–water partition coefficient (Wildman–Crippen LogP) is 7.54. The van der Waals surface area contributed by atoms with Crippen LogP contribution in [-0.2, 0) is 0 Å². The van der Waals surface area contributed by atoms with Crippen molar-refractivity contribution in [3.05, 3.63) is 41.7 Å². The molecule has 3 rings (SSSR count). The number of thiazole rings is 1. The van der Waals surface area contributed by atoms with Crippen molar-refractivity contribution in [1.82, 2.24) is 4.98 Å². The van der Waals surface area contributed by atoms with Gasteiger partial charge in [0.05, 0.1) is 16.3 Å². The first kappa shape index (κ1) is 29.4. The van der Waals surface area contributed by atoms with Gasteiger partial charge in [0.25, 0.3) is 10.4 Å². The minimum absolute atomic E-state index is 0.0561. The van der Waals surface area contributed by atoms with Gasteiger partial charge in [0.1, 0.15) is 28.5 Å². The van der Waals surface area contributed by atoms with Crippen LogP contribution in [0.4, 0.5) is 14.9 Å². The highest BCUT2D eigenvalue weighted by atomic mass is 32.1. The standard InChI is InChI=1S/C15H19NO3S.C11H14FNO2S/c1-9(2)18-14-16-12-7-11(19-15(3,4)5)6-10(8-17)13(12)20-14;1-11(2,3)15-9-5-7(12)4-8(6-9)13-10(14)16/h6-9H,1-5H3;4-6H,1-3H3,(H2,13,14,16). The zero-order chi connectivity index (χ0) is 27.3. The minimum atomic E-state index is -0.549. The first-order valence-corrected chi connectivity index (χ1v) is 12.6. The van der Waals surface area contributed by atoms with Crippen molar-refractivity contribution in [2.45, 2.75) is 72.7 Å². The van der Waals surface area contributed by atoms with Gasteiger partial charge in [-0.3, -0.25) is 9.59 Å². The molecule has 7 nitrogen and oxygen atoms in total. The summed E-state index contributed by atoms with van der Waals surface area (Å²) in [6, 6.07) is 7.60. The summed E-state index contributed by atoms with van der Waals surface area (Å²) in [5, 5.41) is 2.40. The molecule has 0 bridgehead atoms. The molecule has 2 aromatic carbocycles. The number of carbonyl (C=O) groups is 2. The number of hydrogen-bond acceptors (Lipinski definition) is 7. The Balaban J connectivity index is 0.000000261. The van der Waals surface area contributed by atoms with E-state index in [2.05, 4.69) is 22.9 Å². The number of aromatic nitrogens is 1. The molecule has 36 heavy (non-hydrogen) atoms. The van der Waals surface area contributed by atoms with Crippen molar-refractivity contribution in [3.8, 4) is 16.7 Å². The first-order chi connectivity index (χ1) is 16.5. The normalized spacial score (nSPS) is 11.5. The molecule has 196 valence electrons. The van der Waals surface area contributed by atoms with E-state index in [4.69, 9.17) is 14.2 Å². The molecule has 0 aliphatic rings. The number of benzene rings is 2. The average Bonchev–Trinajstić information content (AvgIpc) is 3.05. The van der Waals surface area contributed by atoms with E-state index < -0.39 is 16.7 Å². The van der Waals surface area contributed by atoms with Gasteiger partial charge in [-0.1, -0.05) is 24.0 Å². The number of amides is 1. The molecular weight excluding hydrogens is 503 g/mol. The molecule has 10 heteroatoms. The van der Waals surface area contributed by atoms with Crippen LogP contribution in [0.25, 0.3) is 10.2 Å². The van der Waals surface area contributed by atoms with E-state index in [0.29, 0.717) is 27.9 Å². The number of rotatable bonds is 6. The van der Waals surface area contributed by atoms with E-state index >= 15 is 0 Å². The van der Waals surface area contributed by atoms with Gasteiger partial charge in [-0.2, -0.15) is 0 Å². The van der Waals surface area contributed by atoms with Gasteiger partial charge in [-0.05, 0) is 67.5 Å².